The molecule has 1 aliphatic rings. The van der Waals surface area contributed by atoms with Gasteiger partial charge in [0.15, 0.2) is 0 Å². The molecule has 1 aliphatic heterocycles. The number of amides is 2. The quantitative estimate of drug-likeness (QED) is 0.812. The van der Waals surface area contributed by atoms with E-state index in [1.54, 1.807) is 12.1 Å². The topological polar surface area (TPSA) is 40.6 Å². The SMILES string of the molecule is CCN(c1ccccc1)c1ccc(N2C(=O)C=CC2=O)cc1. The number of benzene rings is 2. The number of anilines is 3. The number of rotatable bonds is 4. The molecule has 2 aromatic rings. The highest BCUT2D eigenvalue weighted by atomic mass is 16.2. The van der Waals surface area contributed by atoms with Crippen LogP contribution in [0.4, 0.5) is 17.1 Å². The van der Waals surface area contributed by atoms with Gasteiger partial charge in [-0.15, -0.1) is 0 Å². The van der Waals surface area contributed by atoms with Crippen LogP contribution in [0.1, 0.15) is 6.92 Å². The molecule has 0 spiro atoms. The van der Waals surface area contributed by atoms with Gasteiger partial charge in [0.2, 0.25) is 0 Å². The molecule has 4 nitrogen and oxygen atoms in total. The number of carbonyl (C=O) groups excluding carboxylic acids is 2. The van der Waals surface area contributed by atoms with Crippen LogP contribution >= 0.6 is 0 Å². The lowest BCUT2D eigenvalue weighted by molar-refractivity contribution is -0.119. The summed E-state index contributed by atoms with van der Waals surface area (Å²) in [6.45, 7) is 2.91. The third-order valence-electron chi connectivity index (χ3n) is 3.61. The third-order valence-corrected chi connectivity index (χ3v) is 3.61. The Morgan fingerprint density at radius 2 is 1.36 bits per heavy atom. The van der Waals surface area contributed by atoms with Crippen LogP contribution in [-0.2, 0) is 9.59 Å². The largest absolute Gasteiger partial charge is 0.342 e. The molecule has 0 saturated heterocycles. The molecular weight excluding hydrogens is 276 g/mol. The first-order valence-electron chi connectivity index (χ1n) is 7.19. The summed E-state index contributed by atoms with van der Waals surface area (Å²) in [5.74, 6) is -0.596. The van der Waals surface area contributed by atoms with E-state index in [0.717, 1.165) is 17.9 Å². The van der Waals surface area contributed by atoms with Gasteiger partial charge >= 0.3 is 0 Å². The molecule has 0 aliphatic carbocycles. The van der Waals surface area contributed by atoms with Gasteiger partial charge in [-0.3, -0.25) is 9.59 Å². The second-order valence-electron chi connectivity index (χ2n) is 4.94. The van der Waals surface area contributed by atoms with Crippen molar-refractivity contribution in [3.63, 3.8) is 0 Å². The zero-order valence-corrected chi connectivity index (χ0v) is 12.3. The van der Waals surface area contributed by atoms with Gasteiger partial charge in [0.05, 0.1) is 5.69 Å². The molecule has 0 radical (unpaired) electrons. The van der Waals surface area contributed by atoms with Gasteiger partial charge < -0.3 is 4.90 Å². The van der Waals surface area contributed by atoms with Crippen molar-refractivity contribution >= 4 is 28.9 Å². The molecule has 110 valence electrons. The van der Waals surface area contributed by atoms with E-state index in [0.29, 0.717) is 5.69 Å². The predicted octanol–water partition coefficient (Wildman–Crippen LogP) is 3.27. The second-order valence-corrected chi connectivity index (χ2v) is 4.94. The predicted molar refractivity (Wildman–Crippen MR) is 87.2 cm³/mol. The highest BCUT2D eigenvalue weighted by Crippen LogP contribution is 2.28. The van der Waals surface area contributed by atoms with Crippen molar-refractivity contribution in [2.75, 3.05) is 16.3 Å². The lowest BCUT2D eigenvalue weighted by atomic mass is 10.2. The molecule has 2 amide bonds. The van der Waals surface area contributed by atoms with Crippen LogP contribution in [0.2, 0.25) is 0 Å². The summed E-state index contributed by atoms with van der Waals surface area (Å²) in [6, 6.07) is 17.5. The molecule has 2 aromatic carbocycles. The smallest absolute Gasteiger partial charge is 0.258 e. The fourth-order valence-electron chi connectivity index (χ4n) is 2.56. The van der Waals surface area contributed by atoms with Gasteiger partial charge in [-0.1, -0.05) is 18.2 Å². The Morgan fingerprint density at radius 3 is 1.91 bits per heavy atom. The third kappa shape index (κ3) is 2.51. The van der Waals surface area contributed by atoms with Crippen molar-refractivity contribution < 1.29 is 9.59 Å². The number of nitrogens with zero attached hydrogens (tertiary/aromatic N) is 2. The maximum atomic E-state index is 11.7. The Morgan fingerprint density at radius 1 is 0.818 bits per heavy atom. The molecule has 22 heavy (non-hydrogen) atoms. The zero-order valence-electron chi connectivity index (χ0n) is 12.3. The van der Waals surface area contributed by atoms with E-state index in [2.05, 4.69) is 24.0 Å². The van der Waals surface area contributed by atoms with Crippen LogP contribution < -0.4 is 9.80 Å². The monoisotopic (exact) mass is 292 g/mol. The number of hydrogen-bond acceptors (Lipinski definition) is 3. The molecule has 0 bridgehead atoms. The van der Waals surface area contributed by atoms with Crippen LogP contribution in [0.15, 0.2) is 66.7 Å². The Labute approximate surface area is 129 Å². The van der Waals surface area contributed by atoms with Crippen molar-refractivity contribution in [3.8, 4) is 0 Å². The van der Waals surface area contributed by atoms with Gasteiger partial charge in [0.1, 0.15) is 0 Å². The van der Waals surface area contributed by atoms with E-state index in [-0.39, 0.29) is 11.8 Å². The van der Waals surface area contributed by atoms with E-state index in [9.17, 15) is 9.59 Å². The highest BCUT2D eigenvalue weighted by Gasteiger charge is 2.24. The van der Waals surface area contributed by atoms with Crippen molar-refractivity contribution in [2.45, 2.75) is 6.92 Å². The molecule has 0 unspecified atom stereocenters. The second kappa shape index (κ2) is 5.85. The molecule has 4 heteroatoms. The van der Waals surface area contributed by atoms with Gasteiger partial charge in [-0.05, 0) is 43.3 Å². The summed E-state index contributed by atoms with van der Waals surface area (Å²) in [5, 5.41) is 0. The minimum absolute atomic E-state index is 0.298. The normalized spacial score (nSPS) is 13.8. The van der Waals surface area contributed by atoms with Crippen LogP contribution in [0.3, 0.4) is 0 Å². The lowest BCUT2D eigenvalue weighted by Crippen LogP contribution is -2.29. The number of carbonyl (C=O) groups is 2. The number of hydrogen-bond donors (Lipinski definition) is 0. The molecule has 0 aromatic heterocycles. The van der Waals surface area contributed by atoms with Crippen molar-refractivity contribution in [1.82, 2.24) is 0 Å². The highest BCUT2D eigenvalue weighted by molar-refractivity contribution is 6.28. The summed E-state index contributed by atoms with van der Waals surface area (Å²) in [4.78, 5) is 26.7. The molecule has 0 N–H and O–H groups in total. The van der Waals surface area contributed by atoms with E-state index in [4.69, 9.17) is 0 Å². The molecule has 0 fully saturated rings. The first-order valence-corrected chi connectivity index (χ1v) is 7.19. The number of para-hydroxylation sites is 1. The van der Waals surface area contributed by atoms with E-state index >= 15 is 0 Å². The Balaban J connectivity index is 1.88. The summed E-state index contributed by atoms with van der Waals surface area (Å²) in [7, 11) is 0. The van der Waals surface area contributed by atoms with Crippen LogP contribution in [0, 0.1) is 0 Å². The Bertz CT molecular complexity index is 703. The lowest BCUT2D eigenvalue weighted by Gasteiger charge is -2.24. The minimum Gasteiger partial charge on any atom is -0.342 e. The fraction of sp³-hybridized carbons (Fsp3) is 0.111. The van der Waals surface area contributed by atoms with E-state index in [1.165, 1.54) is 17.1 Å². The maximum Gasteiger partial charge on any atom is 0.258 e. The summed E-state index contributed by atoms with van der Waals surface area (Å²) < 4.78 is 0. The molecule has 0 saturated carbocycles. The number of imide groups is 1. The fourth-order valence-corrected chi connectivity index (χ4v) is 2.56. The van der Waals surface area contributed by atoms with Gasteiger partial charge in [-0.25, -0.2) is 4.90 Å². The van der Waals surface area contributed by atoms with Gasteiger partial charge in [0.25, 0.3) is 11.8 Å². The molecular formula is C18H16N2O2. The van der Waals surface area contributed by atoms with Crippen LogP contribution in [0.5, 0.6) is 0 Å². The summed E-state index contributed by atoms with van der Waals surface area (Å²) in [5.41, 5.74) is 2.71. The van der Waals surface area contributed by atoms with E-state index < -0.39 is 0 Å². The Hall–Kier alpha value is -2.88. The van der Waals surface area contributed by atoms with Gasteiger partial charge in [-0.2, -0.15) is 0 Å². The van der Waals surface area contributed by atoms with Crippen LogP contribution in [0.25, 0.3) is 0 Å². The van der Waals surface area contributed by atoms with Crippen molar-refractivity contribution in [1.29, 1.82) is 0 Å². The summed E-state index contributed by atoms with van der Waals surface area (Å²) >= 11 is 0. The van der Waals surface area contributed by atoms with Crippen molar-refractivity contribution in [2.24, 2.45) is 0 Å². The van der Waals surface area contributed by atoms with E-state index in [1.807, 2.05) is 30.3 Å². The average molecular weight is 292 g/mol. The van der Waals surface area contributed by atoms with Crippen LogP contribution in [-0.4, -0.2) is 18.4 Å². The first kappa shape index (κ1) is 14.1. The molecule has 0 atom stereocenters. The maximum absolute atomic E-state index is 11.7. The molecule has 1 heterocycles. The zero-order chi connectivity index (χ0) is 15.5. The first-order chi connectivity index (χ1) is 10.7. The Kier molecular flexibility index (Phi) is 3.74. The minimum atomic E-state index is -0.298. The standard InChI is InChI=1S/C18H16N2O2/c1-2-19(14-6-4-3-5-7-14)15-8-10-16(11-9-15)20-17(21)12-13-18(20)22/h3-13H,2H2,1H3. The average Bonchev–Trinajstić information content (AvgIpc) is 2.89. The van der Waals surface area contributed by atoms with Gasteiger partial charge in [0, 0.05) is 30.1 Å². The van der Waals surface area contributed by atoms with Crippen molar-refractivity contribution in [3.05, 3.63) is 66.7 Å². The summed E-state index contributed by atoms with van der Waals surface area (Å²) in [6.07, 6.45) is 2.58. The molecule has 3 rings (SSSR count).